The number of carboxylic acid groups (broad SMARTS) is 1. The van der Waals surface area contributed by atoms with Gasteiger partial charge in [-0.05, 0) is 18.2 Å². The molecule has 21 heavy (non-hydrogen) atoms. The first kappa shape index (κ1) is 16.1. The van der Waals surface area contributed by atoms with E-state index in [0.717, 1.165) is 4.47 Å². The maximum atomic E-state index is 12.3. The number of aliphatic carboxylic acids is 1. The second-order valence-corrected chi connectivity index (χ2v) is 5.90. The first-order valence-electron chi connectivity index (χ1n) is 6.29. The summed E-state index contributed by atoms with van der Waals surface area (Å²) in [4.78, 5) is 24.6. The number of morpholine rings is 1. The zero-order valence-electron chi connectivity index (χ0n) is 11.0. The van der Waals surface area contributed by atoms with Crippen molar-refractivity contribution in [2.24, 2.45) is 0 Å². The van der Waals surface area contributed by atoms with E-state index in [-0.39, 0.29) is 19.1 Å². The fraction of sp³-hybridized carbons (Fsp3) is 0.385. The number of amides is 2. The van der Waals surface area contributed by atoms with Crippen molar-refractivity contribution in [3.8, 4) is 0 Å². The molecule has 1 unspecified atom stereocenters. The van der Waals surface area contributed by atoms with Gasteiger partial charge in [0.05, 0.1) is 36.4 Å². The van der Waals surface area contributed by atoms with E-state index >= 15 is 0 Å². The number of hydrogen-bond acceptors (Lipinski definition) is 3. The summed E-state index contributed by atoms with van der Waals surface area (Å²) >= 11 is 9.34. The summed E-state index contributed by atoms with van der Waals surface area (Å²) in [5, 5.41) is 12.0. The minimum Gasteiger partial charge on any atom is -0.481 e. The van der Waals surface area contributed by atoms with Crippen LogP contribution in [-0.2, 0) is 9.53 Å². The van der Waals surface area contributed by atoms with Gasteiger partial charge in [-0.2, -0.15) is 0 Å². The molecule has 0 aromatic heterocycles. The molecule has 1 aliphatic heterocycles. The van der Waals surface area contributed by atoms with E-state index in [4.69, 9.17) is 21.4 Å². The van der Waals surface area contributed by atoms with Crippen LogP contribution in [0.4, 0.5) is 10.5 Å². The molecule has 2 amide bonds. The Morgan fingerprint density at radius 1 is 1.52 bits per heavy atom. The Labute approximate surface area is 135 Å². The van der Waals surface area contributed by atoms with E-state index in [0.29, 0.717) is 23.9 Å². The van der Waals surface area contributed by atoms with Crippen LogP contribution >= 0.6 is 27.5 Å². The lowest BCUT2D eigenvalue weighted by molar-refractivity contribution is -0.139. The number of anilines is 1. The summed E-state index contributed by atoms with van der Waals surface area (Å²) in [5.74, 6) is -0.968. The largest absolute Gasteiger partial charge is 0.481 e. The Hall–Kier alpha value is -1.31. The summed E-state index contributed by atoms with van der Waals surface area (Å²) in [6, 6.07) is 4.25. The van der Waals surface area contributed by atoms with Crippen LogP contribution in [0.25, 0.3) is 0 Å². The van der Waals surface area contributed by atoms with Gasteiger partial charge in [-0.25, -0.2) is 4.79 Å². The molecular weight excluding hydrogens is 364 g/mol. The molecule has 0 spiro atoms. The van der Waals surface area contributed by atoms with Gasteiger partial charge in [0.1, 0.15) is 0 Å². The molecule has 1 aromatic carbocycles. The van der Waals surface area contributed by atoms with E-state index in [9.17, 15) is 9.59 Å². The zero-order valence-corrected chi connectivity index (χ0v) is 13.4. The number of carboxylic acids is 1. The van der Waals surface area contributed by atoms with Crippen molar-refractivity contribution in [1.29, 1.82) is 0 Å². The Morgan fingerprint density at radius 3 is 2.95 bits per heavy atom. The van der Waals surface area contributed by atoms with E-state index in [2.05, 4.69) is 21.2 Å². The van der Waals surface area contributed by atoms with Gasteiger partial charge in [-0.3, -0.25) is 4.79 Å². The van der Waals surface area contributed by atoms with Crippen molar-refractivity contribution in [2.75, 3.05) is 25.1 Å². The first-order chi connectivity index (χ1) is 9.97. The molecule has 1 heterocycles. The highest BCUT2D eigenvalue weighted by atomic mass is 79.9. The van der Waals surface area contributed by atoms with Crippen LogP contribution in [0.2, 0.25) is 5.02 Å². The molecule has 114 valence electrons. The van der Waals surface area contributed by atoms with E-state index in [1.54, 1.807) is 18.2 Å². The number of nitrogens with one attached hydrogen (secondary N) is 1. The maximum absolute atomic E-state index is 12.3. The quantitative estimate of drug-likeness (QED) is 0.849. The molecule has 1 fully saturated rings. The third kappa shape index (κ3) is 4.33. The number of urea groups is 1. The topological polar surface area (TPSA) is 78.9 Å². The lowest BCUT2D eigenvalue weighted by Crippen LogP contribution is -2.51. The number of carbonyl (C=O) groups excluding carboxylic acids is 1. The van der Waals surface area contributed by atoms with Crippen molar-refractivity contribution in [3.63, 3.8) is 0 Å². The average Bonchev–Trinajstić information content (AvgIpc) is 2.42. The van der Waals surface area contributed by atoms with Crippen molar-refractivity contribution < 1.29 is 19.4 Å². The van der Waals surface area contributed by atoms with Gasteiger partial charge < -0.3 is 20.1 Å². The van der Waals surface area contributed by atoms with Crippen LogP contribution < -0.4 is 5.32 Å². The molecule has 1 atom stereocenters. The van der Waals surface area contributed by atoms with E-state index in [1.807, 2.05) is 0 Å². The number of benzene rings is 1. The predicted molar refractivity (Wildman–Crippen MR) is 81.7 cm³/mol. The summed E-state index contributed by atoms with van der Waals surface area (Å²) in [7, 11) is 0. The van der Waals surface area contributed by atoms with Gasteiger partial charge >= 0.3 is 12.0 Å². The van der Waals surface area contributed by atoms with Crippen LogP contribution in [0.5, 0.6) is 0 Å². The lowest BCUT2D eigenvalue weighted by atomic mass is 10.1. The average molecular weight is 378 g/mol. The van der Waals surface area contributed by atoms with Crippen molar-refractivity contribution in [2.45, 2.75) is 12.5 Å². The highest BCUT2D eigenvalue weighted by Crippen LogP contribution is 2.26. The fourth-order valence-corrected chi connectivity index (χ4v) is 2.79. The highest BCUT2D eigenvalue weighted by Gasteiger charge is 2.29. The Balaban J connectivity index is 2.08. The van der Waals surface area contributed by atoms with E-state index in [1.165, 1.54) is 4.90 Å². The van der Waals surface area contributed by atoms with Gasteiger partial charge in [0.15, 0.2) is 0 Å². The van der Waals surface area contributed by atoms with Crippen LogP contribution in [0.3, 0.4) is 0 Å². The van der Waals surface area contributed by atoms with Crippen LogP contribution in [0, 0.1) is 0 Å². The maximum Gasteiger partial charge on any atom is 0.322 e. The van der Waals surface area contributed by atoms with Crippen molar-refractivity contribution in [1.82, 2.24) is 4.90 Å². The molecule has 0 bridgehead atoms. The molecule has 1 aliphatic rings. The molecule has 8 heteroatoms. The summed E-state index contributed by atoms with van der Waals surface area (Å²) in [5.41, 5.74) is 0.477. The first-order valence-corrected chi connectivity index (χ1v) is 7.46. The van der Waals surface area contributed by atoms with E-state index < -0.39 is 12.0 Å². The number of halogens is 2. The molecule has 2 rings (SSSR count). The molecule has 0 saturated carbocycles. The van der Waals surface area contributed by atoms with Crippen LogP contribution in [-0.4, -0.2) is 47.8 Å². The molecule has 1 aromatic rings. The monoisotopic (exact) mass is 376 g/mol. The SMILES string of the molecule is O=C(O)CC1COCCN1C(=O)Nc1ccc(Br)cc1Cl. The van der Waals surface area contributed by atoms with Gasteiger partial charge in [-0.1, -0.05) is 27.5 Å². The van der Waals surface area contributed by atoms with Crippen molar-refractivity contribution >= 4 is 45.2 Å². The predicted octanol–water partition coefficient (Wildman–Crippen LogP) is 2.81. The summed E-state index contributed by atoms with van der Waals surface area (Å²) in [6.07, 6.45) is -0.151. The molecule has 2 N–H and O–H groups in total. The fourth-order valence-electron chi connectivity index (χ4n) is 2.07. The third-order valence-electron chi connectivity index (χ3n) is 3.07. The Morgan fingerprint density at radius 2 is 2.29 bits per heavy atom. The Kier molecular flexibility index (Phi) is 5.44. The number of rotatable bonds is 3. The number of hydrogen-bond donors (Lipinski definition) is 2. The van der Waals surface area contributed by atoms with Gasteiger partial charge in [-0.15, -0.1) is 0 Å². The zero-order chi connectivity index (χ0) is 15.4. The minimum absolute atomic E-state index is 0.151. The normalized spacial score (nSPS) is 18.4. The molecule has 0 radical (unpaired) electrons. The summed E-state index contributed by atoms with van der Waals surface area (Å²) in [6.45, 7) is 0.948. The summed E-state index contributed by atoms with van der Waals surface area (Å²) < 4.78 is 6.04. The molecule has 6 nitrogen and oxygen atoms in total. The molecular formula is C13H14BrClN2O4. The third-order valence-corrected chi connectivity index (χ3v) is 3.88. The minimum atomic E-state index is -0.968. The highest BCUT2D eigenvalue weighted by molar-refractivity contribution is 9.10. The lowest BCUT2D eigenvalue weighted by Gasteiger charge is -2.34. The second-order valence-electron chi connectivity index (χ2n) is 4.57. The smallest absolute Gasteiger partial charge is 0.322 e. The van der Waals surface area contributed by atoms with Gasteiger partial charge in [0.2, 0.25) is 0 Å². The number of nitrogens with zero attached hydrogens (tertiary/aromatic N) is 1. The molecule has 1 saturated heterocycles. The number of carbonyl (C=O) groups is 2. The van der Waals surface area contributed by atoms with Gasteiger partial charge in [0.25, 0.3) is 0 Å². The van der Waals surface area contributed by atoms with Crippen LogP contribution in [0.15, 0.2) is 22.7 Å². The van der Waals surface area contributed by atoms with Crippen LogP contribution in [0.1, 0.15) is 6.42 Å². The van der Waals surface area contributed by atoms with Gasteiger partial charge in [0, 0.05) is 11.0 Å². The number of ether oxygens (including phenoxy) is 1. The molecule has 0 aliphatic carbocycles. The standard InChI is InChI=1S/C13H14BrClN2O4/c14-8-1-2-11(10(15)5-8)16-13(20)17-3-4-21-7-9(17)6-12(18)19/h1-2,5,9H,3-4,6-7H2,(H,16,20)(H,18,19). The Bertz CT molecular complexity index is 555. The second kappa shape index (κ2) is 7.11. The van der Waals surface area contributed by atoms with Crippen molar-refractivity contribution in [3.05, 3.63) is 27.7 Å².